The molecule has 1 aliphatic carbocycles. The van der Waals surface area contributed by atoms with Gasteiger partial charge in [-0.2, -0.15) is 26.3 Å². The van der Waals surface area contributed by atoms with Crippen LogP contribution in [0.15, 0.2) is 54.0 Å². The van der Waals surface area contributed by atoms with Crippen LogP contribution in [0.1, 0.15) is 93.3 Å². The van der Waals surface area contributed by atoms with Gasteiger partial charge in [-0.25, -0.2) is 0 Å². The maximum atomic E-state index is 15.0. The molecule has 0 radical (unpaired) electrons. The van der Waals surface area contributed by atoms with Crippen molar-refractivity contribution < 1.29 is 55.6 Å². The minimum absolute atomic E-state index is 0.0457. The van der Waals surface area contributed by atoms with Crippen molar-refractivity contribution in [3.8, 4) is 11.5 Å². The van der Waals surface area contributed by atoms with Crippen molar-refractivity contribution in [3.05, 3.63) is 75.7 Å². The summed E-state index contributed by atoms with van der Waals surface area (Å²) < 4.78 is 96.0. The van der Waals surface area contributed by atoms with E-state index in [4.69, 9.17) is 9.47 Å². The van der Waals surface area contributed by atoms with Gasteiger partial charge in [0.25, 0.3) is 5.91 Å². The van der Waals surface area contributed by atoms with Crippen molar-refractivity contribution in [2.75, 3.05) is 19.6 Å². The predicted molar refractivity (Wildman–Crippen MR) is 190 cm³/mol. The van der Waals surface area contributed by atoms with Crippen LogP contribution in [0.3, 0.4) is 0 Å². The second-order valence-corrected chi connectivity index (χ2v) is 16.1. The summed E-state index contributed by atoms with van der Waals surface area (Å²) in [5.74, 6) is -1.15. The molecule has 6 rings (SSSR count). The Morgan fingerprint density at radius 2 is 1.73 bits per heavy atom. The molecular weight excluding hydrogens is 752 g/mol. The number of amides is 1. The third-order valence-electron chi connectivity index (χ3n) is 11.4. The van der Waals surface area contributed by atoms with Gasteiger partial charge in [0.2, 0.25) is 5.60 Å². The lowest BCUT2D eigenvalue weighted by Gasteiger charge is -2.51. The van der Waals surface area contributed by atoms with E-state index in [-0.39, 0.29) is 56.4 Å². The van der Waals surface area contributed by atoms with Crippen molar-refractivity contribution in [2.45, 2.75) is 114 Å². The number of likely N-dealkylation sites (tertiary alicyclic amines) is 2. The molecule has 0 unspecified atom stereocenters. The number of halogens is 6. The average Bonchev–Trinajstić information content (AvgIpc) is 3.77. The highest BCUT2D eigenvalue weighted by atomic mass is 32.1. The molecule has 2 aromatic heterocycles. The molecule has 0 bridgehead atoms. The molecule has 1 saturated carbocycles. The number of aromatic nitrogens is 1. The Hall–Kier alpha value is -3.89. The van der Waals surface area contributed by atoms with Crippen LogP contribution in [0.25, 0.3) is 0 Å². The zero-order chi connectivity index (χ0) is 39.8. The predicted octanol–water partition coefficient (Wildman–Crippen LogP) is 8.30. The van der Waals surface area contributed by atoms with Crippen LogP contribution in [0.5, 0.6) is 11.5 Å². The van der Waals surface area contributed by atoms with E-state index in [0.29, 0.717) is 67.7 Å². The summed E-state index contributed by atoms with van der Waals surface area (Å²) >= 11 is 0.427. The van der Waals surface area contributed by atoms with Crippen LogP contribution in [0.2, 0.25) is 0 Å². The lowest BCUT2D eigenvalue weighted by molar-refractivity contribution is -0.166. The number of hydrogen-bond donors (Lipinski definition) is 2. The Bertz CT molecular complexity index is 1850. The van der Waals surface area contributed by atoms with E-state index < -0.39 is 57.3 Å². The number of ether oxygens (including phenoxy) is 2. The van der Waals surface area contributed by atoms with Crippen LogP contribution in [0, 0.1) is 5.41 Å². The monoisotopic (exact) mass is 797 g/mol. The van der Waals surface area contributed by atoms with E-state index in [1.165, 1.54) is 22.5 Å². The molecule has 1 amide bonds. The molecule has 3 aromatic rings. The van der Waals surface area contributed by atoms with Gasteiger partial charge in [-0.1, -0.05) is 31.5 Å². The zero-order valence-corrected chi connectivity index (χ0v) is 31.4. The lowest BCUT2D eigenvalue weighted by Crippen LogP contribution is -2.67. The van der Waals surface area contributed by atoms with Gasteiger partial charge < -0.3 is 24.6 Å². The van der Waals surface area contributed by atoms with E-state index in [9.17, 15) is 46.1 Å². The summed E-state index contributed by atoms with van der Waals surface area (Å²) in [4.78, 5) is 33.2. The molecule has 55 heavy (non-hydrogen) atoms. The lowest BCUT2D eigenvalue weighted by atomic mass is 9.78. The van der Waals surface area contributed by atoms with Crippen molar-refractivity contribution in [3.63, 3.8) is 0 Å². The van der Waals surface area contributed by atoms with Crippen molar-refractivity contribution in [1.82, 2.24) is 14.8 Å². The summed E-state index contributed by atoms with van der Waals surface area (Å²) in [6.07, 6.45) is -5.80. The zero-order valence-electron chi connectivity index (χ0n) is 30.6. The molecule has 4 heterocycles. The number of aliphatic hydroxyl groups is 1. The number of nitrogens with zero attached hydrogens (tertiary/aromatic N) is 3. The molecule has 9 nitrogen and oxygen atoms in total. The maximum Gasteiger partial charge on any atom is 0.425 e. The van der Waals surface area contributed by atoms with Gasteiger partial charge in [0.1, 0.15) is 16.4 Å². The topological polar surface area (TPSA) is 112 Å². The highest BCUT2D eigenvalue weighted by molar-refractivity contribution is 7.10. The van der Waals surface area contributed by atoms with Crippen LogP contribution in [0.4, 0.5) is 26.3 Å². The van der Waals surface area contributed by atoms with Crippen LogP contribution >= 0.6 is 11.3 Å². The molecule has 2 aliphatic heterocycles. The third kappa shape index (κ3) is 8.46. The number of carbonyl (C=O) groups excluding carboxylic acids is 1. The quantitative estimate of drug-likeness (QED) is 0.187. The fourth-order valence-corrected chi connectivity index (χ4v) is 9.11. The second kappa shape index (κ2) is 15.6. The molecule has 0 spiro atoms. The van der Waals surface area contributed by atoms with E-state index in [1.54, 1.807) is 36.1 Å². The maximum absolute atomic E-state index is 15.0. The van der Waals surface area contributed by atoms with Gasteiger partial charge in [0.05, 0.1) is 34.4 Å². The largest absolute Gasteiger partial charge is 0.490 e. The summed E-state index contributed by atoms with van der Waals surface area (Å²) in [7, 11) is 0. The fraction of sp³-hybridized carbons (Fsp3) is 0.564. The molecular formula is C39H45F6N3O6S. The molecule has 2 saturated heterocycles. The van der Waals surface area contributed by atoms with Crippen LogP contribution in [-0.4, -0.2) is 74.3 Å². The van der Waals surface area contributed by atoms with Crippen molar-refractivity contribution in [2.24, 2.45) is 5.41 Å². The van der Waals surface area contributed by atoms with Crippen molar-refractivity contribution in [1.29, 1.82) is 0 Å². The third-order valence-corrected chi connectivity index (χ3v) is 12.3. The molecule has 1 aromatic carbocycles. The standard InChI is InChI=1S/C39H45F6N3O6S/c1-3-8-31-37(54-26-21-32(55-24-26)39(43,44)45,13-7-18-48(31)23-29-27(38(40,41)42)10-6-17-46-29)33(49)47-19-15-36(52,16-20-47)28-9-4-5-11-30(28)53-25-12-14-35(2,22-25)34(50)51/h4-6,9-11,17,21,24-25,31,52H,3,7-8,12-16,18-20,22-23H2,1-2H3,(H,50,51)/t25-,31-,35+,37+/m1/s1. The molecule has 16 heteroatoms. The second-order valence-electron chi connectivity index (χ2n) is 15.2. The van der Waals surface area contributed by atoms with Gasteiger partial charge in [-0.05, 0) is 76.6 Å². The van der Waals surface area contributed by atoms with Gasteiger partial charge in [0.15, 0.2) is 0 Å². The first-order chi connectivity index (χ1) is 25.9. The Labute approximate surface area is 319 Å². The fourth-order valence-electron chi connectivity index (χ4n) is 8.43. The number of aliphatic carboxylic acids is 1. The number of carboxylic acid groups (broad SMARTS) is 1. The number of carbonyl (C=O) groups is 2. The summed E-state index contributed by atoms with van der Waals surface area (Å²) in [5, 5.41) is 22.9. The van der Waals surface area contributed by atoms with E-state index in [0.717, 1.165) is 12.1 Å². The number of benzene rings is 1. The Kier molecular flexibility index (Phi) is 11.5. The number of alkyl halides is 6. The summed E-state index contributed by atoms with van der Waals surface area (Å²) in [6, 6.07) is 9.13. The number of piperidine rings is 2. The first kappa shape index (κ1) is 40.8. The summed E-state index contributed by atoms with van der Waals surface area (Å²) in [5.41, 5.74) is -4.76. The van der Waals surface area contributed by atoms with E-state index in [1.807, 2.05) is 6.92 Å². The number of hydrogen-bond acceptors (Lipinski definition) is 8. The minimum atomic E-state index is -4.68. The van der Waals surface area contributed by atoms with E-state index in [2.05, 4.69) is 4.98 Å². The SMILES string of the molecule is CCC[C@H]1N(Cc2ncccc2C(F)(F)F)CCC[C@@]1(Oc1csc(C(F)(F)F)c1)C(=O)N1CCC(O)(c2ccccc2O[C@@H]2CC[C@](C)(C(=O)O)C2)CC1. The van der Waals surface area contributed by atoms with Gasteiger partial charge in [-0.3, -0.25) is 19.5 Å². The molecule has 2 N–H and O–H groups in total. The first-order valence-corrected chi connectivity index (χ1v) is 19.4. The highest BCUT2D eigenvalue weighted by Gasteiger charge is 2.55. The first-order valence-electron chi connectivity index (χ1n) is 18.5. The number of carboxylic acids is 1. The highest BCUT2D eigenvalue weighted by Crippen LogP contribution is 2.46. The summed E-state index contributed by atoms with van der Waals surface area (Å²) in [6.45, 7) is 3.67. The molecule has 300 valence electrons. The van der Waals surface area contributed by atoms with Crippen LogP contribution in [-0.2, 0) is 34.1 Å². The number of pyridine rings is 1. The number of rotatable bonds is 11. The normalized spacial score (nSPS) is 26.2. The molecule has 4 atom stereocenters. The van der Waals surface area contributed by atoms with Crippen molar-refractivity contribution >= 4 is 23.2 Å². The molecule has 3 fully saturated rings. The average molecular weight is 798 g/mol. The Morgan fingerprint density at radius 1 is 1.00 bits per heavy atom. The van der Waals surface area contributed by atoms with Crippen LogP contribution < -0.4 is 9.47 Å². The smallest absolute Gasteiger partial charge is 0.425 e. The number of thiophene rings is 1. The minimum Gasteiger partial charge on any atom is -0.490 e. The number of para-hydroxylation sites is 1. The van der Waals surface area contributed by atoms with Gasteiger partial charge in [0, 0.05) is 49.3 Å². The van der Waals surface area contributed by atoms with Gasteiger partial charge in [-0.15, -0.1) is 11.3 Å². The Balaban J connectivity index is 1.28. The van der Waals surface area contributed by atoms with E-state index >= 15 is 0 Å². The Morgan fingerprint density at radius 3 is 2.36 bits per heavy atom. The molecule has 3 aliphatic rings. The van der Waals surface area contributed by atoms with Gasteiger partial charge >= 0.3 is 18.3 Å².